The molecule has 132 valence electrons. The molecule has 3 rings (SSSR count). The fraction of sp³-hybridized carbons (Fsp3) is 0.350. The number of carbonyl (C=O) groups excluding carboxylic acids is 1. The smallest absolute Gasteiger partial charge is 0.255 e. The van der Waals surface area contributed by atoms with E-state index in [-0.39, 0.29) is 11.9 Å². The van der Waals surface area contributed by atoms with Gasteiger partial charge >= 0.3 is 0 Å². The Balaban J connectivity index is 1.91. The van der Waals surface area contributed by atoms with Gasteiger partial charge in [-0.1, -0.05) is 12.1 Å². The van der Waals surface area contributed by atoms with Crippen LogP contribution in [0.4, 0.5) is 0 Å². The molecule has 2 aromatic carbocycles. The summed E-state index contributed by atoms with van der Waals surface area (Å²) in [4.78, 5) is 12.8. The van der Waals surface area contributed by atoms with Crippen molar-refractivity contribution in [1.29, 1.82) is 0 Å². The maximum Gasteiger partial charge on any atom is 0.255 e. The van der Waals surface area contributed by atoms with E-state index in [0.29, 0.717) is 17.7 Å². The van der Waals surface area contributed by atoms with E-state index in [9.17, 15) is 4.79 Å². The third-order valence-electron chi connectivity index (χ3n) is 4.34. The van der Waals surface area contributed by atoms with Gasteiger partial charge in [0.05, 0.1) is 25.8 Å². The Morgan fingerprint density at radius 3 is 2.64 bits per heavy atom. The van der Waals surface area contributed by atoms with Crippen molar-refractivity contribution in [2.75, 3.05) is 14.2 Å². The zero-order valence-electron chi connectivity index (χ0n) is 15.0. The maximum absolute atomic E-state index is 12.8. The predicted octanol–water partition coefficient (Wildman–Crippen LogP) is 3.74. The van der Waals surface area contributed by atoms with Crippen LogP contribution in [0, 0.1) is 0 Å². The number of hydrogen-bond acceptors (Lipinski definition) is 4. The van der Waals surface area contributed by atoms with Crippen LogP contribution in [0.1, 0.15) is 42.2 Å². The van der Waals surface area contributed by atoms with Crippen LogP contribution in [0.2, 0.25) is 0 Å². The van der Waals surface area contributed by atoms with Crippen molar-refractivity contribution in [1.82, 2.24) is 5.32 Å². The minimum Gasteiger partial charge on any atom is -0.497 e. The highest BCUT2D eigenvalue weighted by Crippen LogP contribution is 2.41. The molecule has 1 N–H and O–H groups in total. The largest absolute Gasteiger partial charge is 0.497 e. The summed E-state index contributed by atoms with van der Waals surface area (Å²) in [5.74, 6) is 1.86. The van der Waals surface area contributed by atoms with Crippen molar-refractivity contribution in [2.24, 2.45) is 0 Å². The molecule has 5 heteroatoms. The Morgan fingerprint density at radius 1 is 1.16 bits per heavy atom. The summed E-state index contributed by atoms with van der Waals surface area (Å²) >= 11 is 0. The topological polar surface area (TPSA) is 56.8 Å². The number of amides is 1. The van der Waals surface area contributed by atoms with Gasteiger partial charge in [-0.25, -0.2) is 0 Å². The van der Waals surface area contributed by atoms with Gasteiger partial charge in [-0.2, -0.15) is 0 Å². The number of methoxy groups -OCH3 is 2. The van der Waals surface area contributed by atoms with E-state index in [1.165, 1.54) is 0 Å². The van der Waals surface area contributed by atoms with E-state index in [1.54, 1.807) is 26.4 Å². The zero-order chi connectivity index (χ0) is 18.0. The number of benzene rings is 2. The number of hydrogen-bond donors (Lipinski definition) is 1. The fourth-order valence-electron chi connectivity index (χ4n) is 3.16. The van der Waals surface area contributed by atoms with Crippen LogP contribution >= 0.6 is 0 Å². The molecule has 0 saturated heterocycles. The molecule has 0 aromatic heterocycles. The van der Waals surface area contributed by atoms with Crippen LogP contribution in [0.25, 0.3) is 0 Å². The predicted molar refractivity (Wildman–Crippen MR) is 95.5 cm³/mol. The van der Waals surface area contributed by atoms with Crippen LogP contribution < -0.4 is 19.5 Å². The van der Waals surface area contributed by atoms with E-state index >= 15 is 0 Å². The number of fused-ring (bicyclic) bond motifs is 1. The molecule has 1 atom stereocenters. The molecule has 0 radical (unpaired) electrons. The molecule has 0 aliphatic carbocycles. The first-order valence-corrected chi connectivity index (χ1v) is 8.24. The fourth-order valence-corrected chi connectivity index (χ4v) is 3.16. The first-order chi connectivity index (χ1) is 11.9. The number of carbonyl (C=O) groups is 1. The highest BCUT2D eigenvalue weighted by molar-refractivity contribution is 5.97. The summed E-state index contributed by atoms with van der Waals surface area (Å²) < 4.78 is 16.6. The lowest BCUT2D eigenvalue weighted by molar-refractivity contribution is 0.0616. The summed E-state index contributed by atoms with van der Waals surface area (Å²) in [6.45, 7) is 4.02. The molecule has 1 aliphatic heterocycles. The number of ether oxygens (including phenoxy) is 3. The molecule has 1 heterocycles. The number of rotatable bonds is 4. The van der Waals surface area contributed by atoms with Crippen molar-refractivity contribution >= 4 is 5.91 Å². The quantitative estimate of drug-likeness (QED) is 0.920. The number of para-hydroxylation sites is 1. The van der Waals surface area contributed by atoms with Crippen LogP contribution in [0.15, 0.2) is 42.5 Å². The minimum absolute atomic E-state index is 0.151. The molecule has 0 unspecified atom stereocenters. The molecule has 0 saturated carbocycles. The highest BCUT2D eigenvalue weighted by Gasteiger charge is 2.35. The summed E-state index contributed by atoms with van der Waals surface area (Å²) in [6, 6.07) is 12.7. The second-order valence-electron chi connectivity index (χ2n) is 6.70. The van der Waals surface area contributed by atoms with Crippen molar-refractivity contribution in [3.05, 3.63) is 53.6 Å². The van der Waals surface area contributed by atoms with Crippen molar-refractivity contribution in [3.8, 4) is 17.2 Å². The van der Waals surface area contributed by atoms with Gasteiger partial charge in [-0.05, 0) is 38.1 Å². The average Bonchev–Trinajstić information content (AvgIpc) is 2.60. The molecule has 5 nitrogen and oxygen atoms in total. The molecule has 2 aromatic rings. The lowest BCUT2D eigenvalue weighted by Crippen LogP contribution is -2.41. The molecule has 1 amide bonds. The maximum atomic E-state index is 12.8. The van der Waals surface area contributed by atoms with Crippen molar-refractivity contribution < 1.29 is 19.0 Å². The average molecular weight is 341 g/mol. The van der Waals surface area contributed by atoms with Gasteiger partial charge in [-0.3, -0.25) is 4.79 Å². The van der Waals surface area contributed by atoms with E-state index in [4.69, 9.17) is 14.2 Å². The number of nitrogens with one attached hydrogen (secondary N) is 1. The Bertz CT molecular complexity index is 785. The zero-order valence-corrected chi connectivity index (χ0v) is 15.0. The molecule has 0 bridgehead atoms. The van der Waals surface area contributed by atoms with Crippen molar-refractivity contribution in [3.63, 3.8) is 0 Å². The van der Waals surface area contributed by atoms with Gasteiger partial charge in [-0.15, -0.1) is 0 Å². The first-order valence-electron chi connectivity index (χ1n) is 8.24. The summed E-state index contributed by atoms with van der Waals surface area (Å²) in [5.41, 5.74) is 1.07. The monoisotopic (exact) mass is 341 g/mol. The van der Waals surface area contributed by atoms with Crippen molar-refractivity contribution in [2.45, 2.75) is 31.9 Å². The first kappa shape index (κ1) is 17.1. The lowest BCUT2D eigenvalue weighted by atomic mass is 9.89. The van der Waals surface area contributed by atoms with Gasteiger partial charge < -0.3 is 19.5 Å². The third kappa shape index (κ3) is 3.55. The molecule has 0 fully saturated rings. The van der Waals surface area contributed by atoms with E-state index in [0.717, 1.165) is 17.1 Å². The molecular weight excluding hydrogens is 318 g/mol. The van der Waals surface area contributed by atoms with E-state index in [2.05, 4.69) is 5.32 Å². The SMILES string of the molecule is COc1ccc2c(c1)OC(C)(C)C[C@H]2NC(=O)c1ccccc1OC. The standard InChI is InChI=1S/C20H23NO4/c1-20(2)12-16(14-10-9-13(23-3)11-18(14)25-20)21-19(22)15-7-5-6-8-17(15)24-4/h5-11,16H,12H2,1-4H3,(H,21,22)/t16-/m1/s1. The third-order valence-corrected chi connectivity index (χ3v) is 4.34. The summed E-state index contributed by atoms with van der Waals surface area (Å²) in [7, 11) is 3.18. The highest BCUT2D eigenvalue weighted by atomic mass is 16.5. The summed E-state index contributed by atoms with van der Waals surface area (Å²) in [6.07, 6.45) is 0.674. The molecule has 25 heavy (non-hydrogen) atoms. The molecule has 0 spiro atoms. The lowest BCUT2D eigenvalue weighted by Gasteiger charge is -2.38. The normalized spacial score (nSPS) is 17.8. The molecular formula is C20H23NO4. The molecule has 1 aliphatic rings. The van der Waals surface area contributed by atoms with E-state index in [1.807, 2.05) is 44.2 Å². The van der Waals surface area contributed by atoms with Gasteiger partial charge in [0, 0.05) is 18.1 Å². The van der Waals surface area contributed by atoms with E-state index < -0.39 is 5.60 Å². The van der Waals surface area contributed by atoms with Gasteiger partial charge in [0.15, 0.2) is 0 Å². The second kappa shape index (κ2) is 6.67. The van der Waals surface area contributed by atoms with Crippen LogP contribution in [0.5, 0.6) is 17.2 Å². The van der Waals surface area contributed by atoms with Gasteiger partial charge in [0.2, 0.25) is 0 Å². The minimum atomic E-state index is -0.391. The van der Waals surface area contributed by atoms with Crippen LogP contribution in [-0.2, 0) is 0 Å². The summed E-state index contributed by atoms with van der Waals surface area (Å²) in [5, 5.41) is 3.12. The Kier molecular flexibility index (Phi) is 4.57. The van der Waals surface area contributed by atoms with Gasteiger partial charge in [0.25, 0.3) is 5.91 Å². The second-order valence-corrected chi connectivity index (χ2v) is 6.70. The Hall–Kier alpha value is -2.69. The van der Waals surface area contributed by atoms with Crippen LogP contribution in [-0.4, -0.2) is 25.7 Å². The Morgan fingerprint density at radius 2 is 1.92 bits per heavy atom. The van der Waals surface area contributed by atoms with Gasteiger partial charge in [0.1, 0.15) is 22.8 Å². The Labute approximate surface area is 147 Å². The van der Waals surface area contributed by atoms with Crippen LogP contribution in [0.3, 0.4) is 0 Å².